The van der Waals surface area contributed by atoms with E-state index >= 15 is 0 Å². The van der Waals surface area contributed by atoms with Crippen LogP contribution in [0.15, 0.2) is 158 Å². The van der Waals surface area contributed by atoms with Crippen LogP contribution in [0.25, 0.3) is 65.3 Å². The van der Waals surface area contributed by atoms with Crippen molar-refractivity contribution in [2.45, 2.75) is 20.0 Å². The van der Waals surface area contributed by atoms with Crippen molar-refractivity contribution >= 4 is 43.1 Å². The fraction of sp³-hybridized carbons (Fsp3) is 0.0698. The van der Waals surface area contributed by atoms with E-state index in [2.05, 4.69) is 158 Å². The summed E-state index contributed by atoms with van der Waals surface area (Å²) in [4.78, 5) is 0. The van der Waals surface area contributed by atoms with Gasteiger partial charge in [0.2, 0.25) is 0 Å². The van der Waals surface area contributed by atoms with E-state index in [1.165, 1.54) is 21.5 Å². The molecule has 0 aromatic heterocycles. The van der Waals surface area contributed by atoms with Gasteiger partial charge in [0, 0.05) is 0 Å². The van der Waals surface area contributed by atoms with Gasteiger partial charge in [0.1, 0.15) is 0 Å². The van der Waals surface area contributed by atoms with Gasteiger partial charge in [-0.2, -0.15) is 0 Å². The van der Waals surface area contributed by atoms with E-state index in [1.54, 1.807) is 0 Å². The van der Waals surface area contributed by atoms with E-state index in [9.17, 15) is 0 Å². The van der Waals surface area contributed by atoms with Gasteiger partial charge in [-0.3, -0.25) is 0 Å². The molecule has 0 fully saturated rings. The Hall–Kier alpha value is -4.93. The standard InChI is InChI=1S/2C20H14O.C3H7O.Ti/c2*21-19-13-12-15-7-2-4-10-17(15)20(19)18-11-5-8-14-6-1-3-9-16(14)18;1-3(2)4;/h2*1-13,21H;3H,1-2H3;/q;;-1;+3/p-2. The molecule has 0 bridgehead atoms. The van der Waals surface area contributed by atoms with Crippen molar-refractivity contribution in [3.05, 3.63) is 158 Å². The summed E-state index contributed by atoms with van der Waals surface area (Å²) in [6, 6.07) is 55.3. The van der Waals surface area contributed by atoms with Gasteiger partial charge in [0.15, 0.2) is 0 Å². The molecular weight excluding hydrogens is 612 g/mol. The topological polar surface area (TPSA) is 27.7 Å². The van der Waals surface area contributed by atoms with Gasteiger partial charge in [-0.1, -0.05) is 0 Å². The molecule has 0 radical (unpaired) electrons. The number of rotatable bonds is 8. The molecule has 8 rings (SSSR count). The first-order chi connectivity index (χ1) is 23.1. The zero-order chi connectivity index (χ0) is 31.7. The Morgan fingerprint density at radius 1 is 0.383 bits per heavy atom. The Bertz CT molecular complexity index is 2220. The first-order valence-electron chi connectivity index (χ1n) is 16.0. The molecule has 47 heavy (non-hydrogen) atoms. The molecule has 0 unspecified atom stereocenters. The Kier molecular flexibility index (Phi) is 7.96. The van der Waals surface area contributed by atoms with Crippen LogP contribution in [-0.4, -0.2) is 6.10 Å². The quantitative estimate of drug-likeness (QED) is 0.154. The van der Waals surface area contributed by atoms with Gasteiger partial charge in [0.05, 0.1) is 0 Å². The predicted octanol–water partition coefficient (Wildman–Crippen LogP) is 11.9. The summed E-state index contributed by atoms with van der Waals surface area (Å²) in [5.41, 5.74) is 4.35. The number of fused-ring (bicyclic) bond motifs is 4. The Labute approximate surface area is 282 Å². The molecule has 0 spiro atoms. The molecule has 3 nitrogen and oxygen atoms in total. The molecule has 0 atom stereocenters. The van der Waals surface area contributed by atoms with E-state index < -0.39 is 19.0 Å². The van der Waals surface area contributed by atoms with E-state index in [4.69, 9.17) is 9.96 Å². The second-order valence-corrected chi connectivity index (χ2v) is 13.8. The van der Waals surface area contributed by atoms with Crippen LogP contribution in [0.5, 0.6) is 11.5 Å². The van der Waals surface area contributed by atoms with Crippen LogP contribution in [0, 0.1) is 0 Å². The van der Waals surface area contributed by atoms with E-state index in [-0.39, 0.29) is 6.10 Å². The first kappa shape index (κ1) is 29.5. The molecule has 0 aliphatic carbocycles. The monoisotopic (exact) mass is 645 g/mol. The maximum atomic E-state index is 6.98. The summed E-state index contributed by atoms with van der Waals surface area (Å²) in [6.45, 7) is 4.08. The minimum atomic E-state index is -3.20. The Balaban J connectivity index is 1.29. The van der Waals surface area contributed by atoms with Crippen molar-refractivity contribution < 1.29 is 29.0 Å². The van der Waals surface area contributed by atoms with Crippen LogP contribution in [0.3, 0.4) is 0 Å². The Morgan fingerprint density at radius 2 is 0.745 bits per heavy atom. The molecular formula is C43H33O3Ti. The third kappa shape index (κ3) is 5.68. The van der Waals surface area contributed by atoms with Crippen molar-refractivity contribution in [2.24, 2.45) is 0 Å². The normalized spacial score (nSPS) is 11.5. The molecule has 227 valence electrons. The van der Waals surface area contributed by atoms with E-state index in [0.717, 1.165) is 55.3 Å². The second kappa shape index (κ2) is 12.7. The molecule has 0 aliphatic rings. The molecule has 0 saturated carbocycles. The summed E-state index contributed by atoms with van der Waals surface area (Å²) in [5.74, 6) is 1.53. The number of benzene rings is 8. The first-order valence-corrected chi connectivity index (χ1v) is 17.9. The zero-order valence-corrected chi connectivity index (χ0v) is 27.9. The molecule has 0 amide bonds. The minimum absolute atomic E-state index is 0.0760. The van der Waals surface area contributed by atoms with Gasteiger partial charge in [-0.25, -0.2) is 0 Å². The van der Waals surface area contributed by atoms with Crippen LogP contribution in [0.4, 0.5) is 0 Å². The Morgan fingerprint density at radius 3 is 1.17 bits per heavy atom. The van der Waals surface area contributed by atoms with Crippen molar-refractivity contribution in [1.82, 2.24) is 0 Å². The molecule has 0 heterocycles. The third-order valence-corrected chi connectivity index (χ3v) is 10.9. The van der Waals surface area contributed by atoms with Crippen LogP contribution in [0.1, 0.15) is 13.8 Å². The van der Waals surface area contributed by atoms with Gasteiger partial charge in [-0.15, -0.1) is 0 Å². The SMILES string of the molecule is CC(C)[O][Ti]([O]c1ccc2ccccc2c1-c1cccc2ccccc12)[O]c1ccc2ccccc2c1-c1cccc2ccccc12. The van der Waals surface area contributed by atoms with Crippen LogP contribution in [-0.2, 0) is 22.4 Å². The average molecular weight is 646 g/mol. The van der Waals surface area contributed by atoms with Crippen molar-refractivity contribution in [2.75, 3.05) is 0 Å². The average Bonchev–Trinajstić information content (AvgIpc) is 3.11. The summed E-state index contributed by atoms with van der Waals surface area (Å²) in [6.07, 6.45) is -0.0760. The number of hydrogen-bond acceptors (Lipinski definition) is 3. The molecule has 0 saturated heterocycles. The van der Waals surface area contributed by atoms with E-state index in [0.29, 0.717) is 0 Å². The van der Waals surface area contributed by atoms with Crippen molar-refractivity contribution in [1.29, 1.82) is 0 Å². The van der Waals surface area contributed by atoms with Crippen LogP contribution in [0.2, 0.25) is 0 Å². The third-order valence-electron chi connectivity index (χ3n) is 8.62. The van der Waals surface area contributed by atoms with Crippen LogP contribution < -0.4 is 6.64 Å². The zero-order valence-electron chi connectivity index (χ0n) is 26.3. The summed E-state index contributed by atoms with van der Waals surface area (Å²) >= 11 is -3.20. The van der Waals surface area contributed by atoms with Gasteiger partial charge >= 0.3 is 284 Å². The van der Waals surface area contributed by atoms with Crippen molar-refractivity contribution in [3.63, 3.8) is 0 Å². The van der Waals surface area contributed by atoms with Crippen molar-refractivity contribution in [3.8, 4) is 33.8 Å². The summed E-state index contributed by atoms with van der Waals surface area (Å²) in [7, 11) is 0. The molecule has 0 aliphatic heterocycles. The number of hydrogen-bond donors (Lipinski definition) is 0. The fourth-order valence-electron chi connectivity index (χ4n) is 6.56. The maximum absolute atomic E-state index is 6.98. The molecule has 4 heteroatoms. The van der Waals surface area contributed by atoms with Gasteiger partial charge in [-0.05, 0) is 0 Å². The molecule has 8 aromatic rings. The summed E-state index contributed by atoms with van der Waals surface area (Å²) < 4.78 is 20.5. The van der Waals surface area contributed by atoms with E-state index in [1.807, 2.05) is 13.8 Å². The van der Waals surface area contributed by atoms with Crippen LogP contribution >= 0.6 is 0 Å². The summed E-state index contributed by atoms with van der Waals surface area (Å²) in [5, 5.41) is 9.30. The van der Waals surface area contributed by atoms with Gasteiger partial charge in [0.25, 0.3) is 0 Å². The fourth-order valence-corrected chi connectivity index (χ4v) is 8.46. The molecule has 0 N–H and O–H groups in total. The molecule has 8 aromatic carbocycles. The van der Waals surface area contributed by atoms with Gasteiger partial charge < -0.3 is 0 Å². The second-order valence-electron chi connectivity index (χ2n) is 12.0. The predicted molar refractivity (Wildman–Crippen MR) is 191 cm³/mol.